The number of hydrogen-bond donors (Lipinski definition) is 1. The third-order valence-electron chi connectivity index (χ3n) is 4.03. The van der Waals surface area contributed by atoms with E-state index in [1.807, 2.05) is 18.5 Å². The van der Waals surface area contributed by atoms with E-state index in [1.165, 1.54) is 0 Å². The van der Waals surface area contributed by atoms with E-state index in [2.05, 4.69) is 31.5 Å². The molecule has 5 heteroatoms. The van der Waals surface area contributed by atoms with Crippen LogP contribution in [0, 0.1) is 5.92 Å². The minimum absolute atomic E-state index is 0.0535. The summed E-state index contributed by atoms with van der Waals surface area (Å²) in [5, 5.41) is 0. The number of halogens is 1. The Morgan fingerprint density at radius 1 is 1.32 bits per heavy atom. The molecule has 100 valence electrons. The minimum Gasteiger partial charge on any atom is -0.369 e. The molecule has 19 heavy (non-hydrogen) atoms. The molecule has 1 heterocycles. The summed E-state index contributed by atoms with van der Waals surface area (Å²) in [6.07, 6.45) is 5.66. The lowest BCUT2D eigenvalue weighted by Crippen LogP contribution is -2.28. The molecule has 0 atom stereocenters. The van der Waals surface area contributed by atoms with Crippen molar-refractivity contribution in [2.45, 2.75) is 31.7 Å². The average Bonchev–Trinajstić information content (AvgIpc) is 2.81. The molecule has 3 rings (SSSR count). The van der Waals surface area contributed by atoms with Crippen LogP contribution in [0.25, 0.3) is 11.0 Å². The summed E-state index contributed by atoms with van der Waals surface area (Å²) >= 11 is 3.50. The number of amides is 1. The number of aromatic nitrogens is 2. The summed E-state index contributed by atoms with van der Waals surface area (Å²) in [5.74, 6) is -0.102. The van der Waals surface area contributed by atoms with Crippen molar-refractivity contribution in [2.24, 2.45) is 11.7 Å². The van der Waals surface area contributed by atoms with E-state index in [4.69, 9.17) is 5.73 Å². The number of nitrogens with two attached hydrogens (primary N) is 1. The van der Waals surface area contributed by atoms with E-state index >= 15 is 0 Å². The number of hydrogen-bond acceptors (Lipinski definition) is 2. The van der Waals surface area contributed by atoms with Crippen LogP contribution in [0.1, 0.15) is 31.7 Å². The fourth-order valence-electron chi connectivity index (χ4n) is 2.93. The highest BCUT2D eigenvalue weighted by molar-refractivity contribution is 9.10. The highest BCUT2D eigenvalue weighted by Gasteiger charge is 2.26. The quantitative estimate of drug-likeness (QED) is 0.924. The van der Waals surface area contributed by atoms with Crippen LogP contribution in [0.2, 0.25) is 0 Å². The molecule has 1 aromatic carbocycles. The van der Waals surface area contributed by atoms with Gasteiger partial charge in [-0.1, -0.05) is 15.9 Å². The fourth-order valence-corrected chi connectivity index (χ4v) is 3.28. The number of benzene rings is 1. The first-order valence-electron chi connectivity index (χ1n) is 6.56. The summed E-state index contributed by atoms with van der Waals surface area (Å²) in [4.78, 5) is 15.6. The monoisotopic (exact) mass is 321 g/mol. The van der Waals surface area contributed by atoms with Gasteiger partial charge in [0.1, 0.15) is 0 Å². The molecule has 0 spiro atoms. The first-order valence-corrected chi connectivity index (χ1v) is 7.36. The van der Waals surface area contributed by atoms with Crippen LogP contribution in [-0.2, 0) is 4.79 Å². The molecule has 1 aliphatic rings. The Labute approximate surface area is 120 Å². The van der Waals surface area contributed by atoms with Crippen molar-refractivity contribution >= 4 is 32.9 Å². The third kappa shape index (κ3) is 2.39. The second kappa shape index (κ2) is 4.96. The van der Waals surface area contributed by atoms with Crippen LogP contribution in [-0.4, -0.2) is 15.5 Å². The molecular weight excluding hydrogens is 306 g/mol. The Balaban J connectivity index is 1.85. The van der Waals surface area contributed by atoms with Gasteiger partial charge in [0.25, 0.3) is 0 Å². The van der Waals surface area contributed by atoms with Gasteiger partial charge in [-0.05, 0) is 43.9 Å². The summed E-state index contributed by atoms with van der Waals surface area (Å²) in [6, 6.07) is 6.55. The van der Waals surface area contributed by atoms with Crippen molar-refractivity contribution in [3.8, 4) is 0 Å². The second-order valence-electron chi connectivity index (χ2n) is 5.19. The molecule has 1 fully saturated rings. The smallest absolute Gasteiger partial charge is 0.220 e. The van der Waals surface area contributed by atoms with E-state index < -0.39 is 0 Å². The third-order valence-corrected chi connectivity index (χ3v) is 4.52. The first-order chi connectivity index (χ1) is 9.15. The normalized spacial score (nSPS) is 23.6. The number of imidazole rings is 1. The maximum atomic E-state index is 11.2. The summed E-state index contributed by atoms with van der Waals surface area (Å²) in [6.45, 7) is 0. The summed E-state index contributed by atoms with van der Waals surface area (Å²) < 4.78 is 3.30. The number of carbonyl (C=O) groups excluding carboxylic acids is 1. The van der Waals surface area contributed by atoms with Crippen LogP contribution in [0.4, 0.5) is 0 Å². The van der Waals surface area contributed by atoms with Gasteiger partial charge in [0.05, 0.1) is 17.4 Å². The lowest BCUT2D eigenvalue weighted by molar-refractivity contribution is -0.122. The van der Waals surface area contributed by atoms with Gasteiger partial charge in [0.2, 0.25) is 5.91 Å². The maximum absolute atomic E-state index is 11.2. The fraction of sp³-hybridized carbons (Fsp3) is 0.429. The Hall–Kier alpha value is -1.36. The van der Waals surface area contributed by atoms with Crippen molar-refractivity contribution < 1.29 is 4.79 Å². The molecule has 2 N–H and O–H groups in total. The van der Waals surface area contributed by atoms with E-state index in [0.29, 0.717) is 6.04 Å². The van der Waals surface area contributed by atoms with Gasteiger partial charge in [0.15, 0.2) is 0 Å². The van der Waals surface area contributed by atoms with Gasteiger partial charge in [0, 0.05) is 16.4 Å². The molecule has 1 amide bonds. The average molecular weight is 322 g/mol. The van der Waals surface area contributed by atoms with E-state index in [-0.39, 0.29) is 11.8 Å². The zero-order chi connectivity index (χ0) is 13.4. The molecular formula is C14H16BrN3O. The highest BCUT2D eigenvalue weighted by atomic mass is 79.9. The molecule has 0 bridgehead atoms. The van der Waals surface area contributed by atoms with Crippen LogP contribution < -0.4 is 5.73 Å². The lowest BCUT2D eigenvalue weighted by atomic mass is 9.85. The number of carbonyl (C=O) groups is 1. The Bertz CT molecular complexity index is 614. The van der Waals surface area contributed by atoms with Gasteiger partial charge in [-0.25, -0.2) is 4.98 Å². The maximum Gasteiger partial charge on any atom is 0.220 e. The number of nitrogens with zero attached hydrogens (tertiary/aromatic N) is 2. The van der Waals surface area contributed by atoms with Gasteiger partial charge < -0.3 is 10.3 Å². The molecule has 0 aliphatic heterocycles. The van der Waals surface area contributed by atoms with E-state index in [1.54, 1.807) is 0 Å². The molecule has 1 saturated carbocycles. The van der Waals surface area contributed by atoms with Crippen molar-refractivity contribution in [1.82, 2.24) is 9.55 Å². The molecule has 0 unspecified atom stereocenters. The Morgan fingerprint density at radius 3 is 2.74 bits per heavy atom. The summed E-state index contributed by atoms with van der Waals surface area (Å²) in [5.41, 5.74) is 7.54. The number of primary amides is 1. The lowest BCUT2D eigenvalue weighted by Gasteiger charge is -2.28. The number of fused-ring (bicyclic) bond motifs is 1. The second-order valence-corrected chi connectivity index (χ2v) is 6.11. The van der Waals surface area contributed by atoms with Crippen LogP contribution in [0.5, 0.6) is 0 Å². The van der Waals surface area contributed by atoms with Crippen molar-refractivity contribution in [3.05, 3.63) is 29.0 Å². The van der Waals surface area contributed by atoms with Gasteiger partial charge in [-0.2, -0.15) is 0 Å². The van der Waals surface area contributed by atoms with Gasteiger partial charge in [-0.3, -0.25) is 4.79 Å². The highest BCUT2D eigenvalue weighted by Crippen LogP contribution is 2.34. The van der Waals surface area contributed by atoms with Crippen LogP contribution in [0.15, 0.2) is 29.0 Å². The zero-order valence-electron chi connectivity index (χ0n) is 10.6. The SMILES string of the molecule is NC(=O)[C@H]1CC[C@H](n2cnc3ccc(Br)cc32)CC1. The topological polar surface area (TPSA) is 60.9 Å². The van der Waals surface area contributed by atoms with E-state index in [0.717, 1.165) is 41.2 Å². The van der Waals surface area contributed by atoms with Crippen molar-refractivity contribution in [1.29, 1.82) is 0 Å². The molecule has 1 aliphatic carbocycles. The standard InChI is InChI=1S/C14H16BrN3O/c15-10-3-6-12-13(7-10)18(8-17-12)11-4-1-9(2-5-11)14(16)19/h3,6-9,11H,1-2,4-5H2,(H2,16,19)/t9-,11-. The molecule has 4 nitrogen and oxygen atoms in total. The Morgan fingerprint density at radius 2 is 2.05 bits per heavy atom. The minimum atomic E-state index is -0.156. The number of rotatable bonds is 2. The van der Waals surface area contributed by atoms with Crippen LogP contribution >= 0.6 is 15.9 Å². The van der Waals surface area contributed by atoms with E-state index in [9.17, 15) is 4.79 Å². The van der Waals surface area contributed by atoms with Gasteiger partial charge in [-0.15, -0.1) is 0 Å². The first kappa shape index (κ1) is 12.7. The van der Waals surface area contributed by atoms with Crippen molar-refractivity contribution in [3.63, 3.8) is 0 Å². The Kier molecular flexibility index (Phi) is 3.31. The van der Waals surface area contributed by atoms with Gasteiger partial charge >= 0.3 is 0 Å². The van der Waals surface area contributed by atoms with Crippen LogP contribution in [0.3, 0.4) is 0 Å². The predicted octanol–water partition coefficient (Wildman–Crippen LogP) is 3.02. The molecule has 0 radical (unpaired) electrons. The zero-order valence-corrected chi connectivity index (χ0v) is 12.1. The summed E-state index contributed by atoms with van der Waals surface area (Å²) in [7, 11) is 0. The van der Waals surface area contributed by atoms with Crippen molar-refractivity contribution in [2.75, 3.05) is 0 Å². The molecule has 2 aromatic rings. The molecule has 1 aromatic heterocycles. The molecule has 0 saturated heterocycles. The largest absolute Gasteiger partial charge is 0.369 e. The predicted molar refractivity (Wildman–Crippen MR) is 77.6 cm³/mol.